The van der Waals surface area contributed by atoms with Crippen molar-refractivity contribution in [1.29, 1.82) is 5.26 Å². The lowest BCUT2D eigenvalue weighted by molar-refractivity contribution is 0.102. The minimum atomic E-state index is -4.13. The van der Waals surface area contributed by atoms with Crippen LogP contribution in [0.5, 0.6) is 0 Å². The lowest BCUT2D eigenvalue weighted by Gasteiger charge is -2.17. The van der Waals surface area contributed by atoms with Crippen LogP contribution in [0.1, 0.15) is 10.5 Å². The minimum absolute atomic E-state index is 0.0635. The molecule has 0 saturated heterocycles. The molecular formula is C25H25N3O3SSi. The van der Waals surface area contributed by atoms with Gasteiger partial charge in [0.05, 0.1) is 18.5 Å². The van der Waals surface area contributed by atoms with Gasteiger partial charge in [-0.1, -0.05) is 61.6 Å². The molecule has 1 aromatic heterocycles. The van der Waals surface area contributed by atoms with Crippen LogP contribution in [0.15, 0.2) is 70.1 Å². The van der Waals surface area contributed by atoms with E-state index in [9.17, 15) is 18.5 Å². The molecule has 0 spiro atoms. The molecule has 0 fully saturated rings. The molecule has 0 bridgehead atoms. The van der Waals surface area contributed by atoms with E-state index in [0.717, 1.165) is 5.19 Å². The maximum absolute atomic E-state index is 13.9. The Morgan fingerprint density at radius 1 is 1.09 bits per heavy atom. The van der Waals surface area contributed by atoms with Gasteiger partial charge in [0, 0.05) is 31.7 Å². The molecule has 6 nitrogen and oxygen atoms in total. The van der Waals surface area contributed by atoms with E-state index in [0.29, 0.717) is 10.9 Å². The van der Waals surface area contributed by atoms with Gasteiger partial charge in [0.2, 0.25) is 15.6 Å². The number of sulfone groups is 1. The molecule has 0 N–H and O–H groups in total. The molecule has 0 atom stereocenters. The van der Waals surface area contributed by atoms with Crippen molar-refractivity contribution in [2.45, 2.75) is 29.4 Å². The molecule has 0 aliphatic carbocycles. The van der Waals surface area contributed by atoms with Crippen LogP contribution >= 0.6 is 0 Å². The predicted molar refractivity (Wildman–Crippen MR) is 133 cm³/mol. The summed E-state index contributed by atoms with van der Waals surface area (Å²) in [6, 6.07) is 17.7. The van der Waals surface area contributed by atoms with Crippen LogP contribution < -0.4 is 5.19 Å². The number of hydrogen-bond donors (Lipinski definition) is 0. The maximum atomic E-state index is 13.9. The number of carbonyl (C=O) groups is 1. The minimum Gasteiger partial charge on any atom is -0.382 e. The van der Waals surface area contributed by atoms with Crippen molar-refractivity contribution in [3.05, 3.63) is 66.0 Å². The molecule has 1 heterocycles. The van der Waals surface area contributed by atoms with E-state index in [1.165, 1.54) is 10.8 Å². The number of fused-ring (bicyclic) bond motifs is 1. The topological polar surface area (TPSA) is 83.2 Å². The summed E-state index contributed by atoms with van der Waals surface area (Å²) in [6.07, 6.45) is 7.07. The van der Waals surface area contributed by atoms with Gasteiger partial charge in [0.15, 0.2) is 0 Å². The van der Waals surface area contributed by atoms with Gasteiger partial charge in [0.1, 0.15) is 22.2 Å². The third kappa shape index (κ3) is 4.36. The Bertz CT molecular complexity index is 1460. The molecule has 0 unspecified atom stereocenters. The molecule has 168 valence electrons. The smallest absolute Gasteiger partial charge is 0.223 e. The van der Waals surface area contributed by atoms with E-state index in [4.69, 9.17) is 6.42 Å². The average molecular weight is 476 g/mol. The van der Waals surface area contributed by atoms with Crippen molar-refractivity contribution in [2.75, 3.05) is 14.1 Å². The van der Waals surface area contributed by atoms with Gasteiger partial charge in [-0.2, -0.15) is 5.26 Å². The maximum Gasteiger partial charge on any atom is 0.223 e. The zero-order valence-corrected chi connectivity index (χ0v) is 21.1. The second kappa shape index (κ2) is 8.74. The second-order valence-electron chi connectivity index (χ2n) is 8.88. The summed E-state index contributed by atoms with van der Waals surface area (Å²) in [5, 5.41) is 11.0. The van der Waals surface area contributed by atoms with E-state index in [2.05, 4.69) is 25.7 Å². The van der Waals surface area contributed by atoms with Crippen LogP contribution in [0.3, 0.4) is 0 Å². The third-order valence-corrected chi connectivity index (χ3v) is 9.13. The molecular weight excluding hydrogens is 450 g/mol. The van der Waals surface area contributed by atoms with Crippen LogP contribution in [-0.4, -0.2) is 45.8 Å². The van der Waals surface area contributed by atoms with Gasteiger partial charge in [-0.05, 0) is 18.2 Å². The van der Waals surface area contributed by atoms with Gasteiger partial charge in [-0.25, -0.2) is 8.42 Å². The number of allylic oxidation sites excluding steroid dienone is 1. The Morgan fingerprint density at radius 2 is 1.70 bits per heavy atom. The molecule has 0 amide bonds. The number of ketones is 1. The molecule has 33 heavy (non-hydrogen) atoms. The first-order valence-electron chi connectivity index (χ1n) is 10.2. The van der Waals surface area contributed by atoms with Crippen LogP contribution in [0.2, 0.25) is 19.6 Å². The number of rotatable bonds is 6. The first kappa shape index (κ1) is 24.1. The predicted octanol–water partition coefficient (Wildman–Crippen LogP) is 3.61. The van der Waals surface area contributed by atoms with Crippen molar-refractivity contribution in [3.63, 3.8) is 0 Å². The van der Waals surface area contributed by atoms with E-state index >= 15 is 0 Å². The molecule has 0 aliphatic heterocycles. The van der Waals surface area contributed by atoms with E-state index in [1.54, 1.807) is 55.4 Å². The Balaban J connectivity index is 2.37. The lowest BCUT2D eigenvalue weighted by atomic mass is 10.1. The number of benzene rings is 2. The standard InChI is InChI=1S/C25H25N3O3SSi/c1-7-28-22-11-9-8-10-21(22)25(23(28)24(29)18(16-26)17-27(2)3)32(30,31)19-12-14-20(15-13-19)33(4,5)6/h1,8-15,17H,2-6H3. The number of terminal acetylenes is 1. The fourth-order valence-corrected chi connectivity index (χ4v) is 6.39. The molecule has 3 rings (SSSR count). The second-order valence-corrected chi connectivity index (χ2v) is 15.8. The van der Waals surface area contributed by atoms with Crippen molar-refractivity contribution < 1.29 is 13.2 Å². The Labute approximate surface area is 195 Å². The Morgan fingerprint density at radius 3 is 2.21 bits per heavy atom. The van der Waals surface area contributed by atoms with Gasteiger partial charge in [-0.15, -0.1) is 0 Å². The fraction of sp³-hybridized carbons (Fsp3) is 0.200. The van der Waals surface area contributed by atoms with Crippen LogP contribution in [0, 0.1) is 23.8 Å². The zero-order valence-electron chi connectivity index (χ0n) is 19.2. The summed E-state index contributed by atoms with van der Waals surface area (Å²) >= 11 is 0. The summed E-state index contributed by atoms with van der Waals surface area (Å²) in [5.74, 6) is -0.752. The highest BCUT2D eigenvalue weighted by Crippen LogP contribution is 2.35. The van der Waals surface area contributed by atoms with E-state index in [1.807, 2.05) is 18.2 Å². The summed E-state index contributed by atoms with van der Waals surface area (Å²) in [5.41, 5.74) is -0.0322. The van der Waals surface area contributed by atoms with Crippen molar-refractivity contribution >= 4 is 39.8 Å². The first-order chi connectivity index (χ1) is 15.4. The monoisotopic (exact) mass is 475 g/mol. The van der Waals surface area contributed by atoms with Gasteiger partial charge >= 0.3 is 0 Å². The first-order valence-corrected chi connectivity index (χ1v) is 15.2. The lowest BCUT2D eigenvalue weighted by Crippen LogP contribution is -2.37. The van der Waals surface area contributed by atoms with Crippen molar-refractivity contribution in [3.8, 4) is 18.5 Å². The van der Waals surface area contributed by atoms with Crippen molar-refractivity contribution in [1.82, 2.24) is 9.47 Å². The SMILES string of the molecule is C#Cn1c(C(=O)C(C#N)=CN(C)C)c(S(=O)(=O)c2ccc([Si](C)(C)C)cc2)c2ccccc21. The highest BCUT2D eigenvalue weighted by molar-refractivity contribution is 7.91. The summed E-state index contributed by atoms with van der Waals surface area (Å²) in [6.45, 7) is 6.52. The average Bonchev–Trinajstić information content (AvgIpc) is 3.11. The molecule has 2 aromatic carbocycles. The number of nitrogens with zero attached hydrogens (tertiary/aromatic N) is 3. The van der Waals surface area contributed by atoms with Gasteiger partial charge < -0.3 is 4.90 Å². The Kier molecular flexibility index (Phi) is 6.37. The highest BCUT2D eigenvalue weighted by Gasteiger charge is 2.33. The molecule has 0 aliphatic rings. The molecule has 0 radical (unpaired) electrons. The van der Waals surface area contributed by atoms with E-state index in [-0.39, 0.29) is 21.1 Å². The van der Waals surface area contributed by atoms with Crippen LogP contribution in [0.4, 0.5) is 0 Å². The Hall–Kier alpha value is -3.59. The van der Waals surface area contributed by atoms with Crippen molar-refractivity contribution in [2.24, 2.45) is 0 Å². The number of hydrogen-bond acceptors (Lipinski definition) is 5. The van der Waals surface area contributed by atoms with Gasteiger partial charge in [0.25, 0.3) is 0 Å². The third-order valence-electron chi connectivity index (χ3n) is 5.22. The van der Waals surface area contributed by atoms with Gasteiger partial charge in [-0.3, -0.25) is 9.36 Å². The van der Waals surface area contributed by atoms with Crippen LogP contribution in [-0.2, 0) is 9.84 Å². The quantitative estimate of drug-likeness (QED) is 0.179. The fourth-order valence-electron chi connectivity index (χ4n) is 3.60. The van der Waals surface area contributed by atoms with Crippen LogP contribution in [0.25, 0.3) is 10.9 Å². The number of carbonyl (C=O) groups excluding carboxylic acids is 1. The largest absolute Gasteiger partial charge is 0.382 e. The molecule has 8 heteroatoms. The number of nitriles is 1. The molecule has 0 saturated carbocycles. The summed E-state index contributed by atoms with van der Waals surface area (Å²) < 4.78 is 28.9. The number of aromatic nitrogens is 1. The van der Waals surface area contributed by atoms with E-state index < -0.39 is 23.7 Å². The molecule has 3 aromatic rings. The number of Topliss-reactive ketones (excluding diaryl/α,β-unsaturated/α-hetero) is 1. The number of para-hydroxylation sites is 1. The highest BCUT2D eigenvalue weighted by atomic mass is 32.2. The zero-order chi connectivity index (χ0) is 24.6. The normalized spacial score (nSPS) is 12.3. The summed E-state index contributed by atoms with van der Waals surface area (Å²) in [7, 11) is -2.44. The summed E-state index contributed by atoms with van der Waals surface area (Å²) in [4.78, 5) is 14.9.